The fraction of sp³-hybridized carbons (Fsp3) is 0.500. The van der Waals surface area contributed by atoms with Gasteiger partial charge in [0.25, 0.3) is 0 Å². The van der Waals surface area contributed by atoms with Crippen molar-refractivity contribution in [2.45, 2.75) is 32.7 Å². The minimum atomic E-state index is 0.0211. The fourth-order valence-corrected chi connectivity index (χ4v) is 1.68. The van der Waals surface area contributed by atoms with Crippen molar-refractivity contribution in [1.82, 2.24) is 14.4 Å². The molecule has 92 valence electrons. The maximum atomic E-state index is 5.82. The minimum absolute atomic E-state index is 0.0211. The third-order valence-electron chi connectivity index (χ3n) is 3.47. The molecule has 0 aliphatic heterocycles. The van der Waals surface area contributed by atoms with E-state index in [2.05, 4.69) is 35.6 Å². The number of hydrogen-bond donors (Lipinski definition) is 1. The number of imidazole rings is 1. The number of fused-ring (bicyclic) bond motifs is 1. The molecule has 17 heavy (non-hydrogen) atoms. The van der Waals surface area contributed by atoms with E-state index in [0.29, 0.717) is 5.82 Å². The molecule has 0 fully saturated rings. The maximum absolute atomic E-state index is 5.82. The van der Waals surface area contributed by atoms with E-state index in [1.807, 2.05) is 17.6 Å². The largest absolute Gasteiger partial charge is 0.382 e. The summed E-state index contributed by atoms with van der Waals surface area (Å²) in [6.07, 6.45) is 6.43. The Hall–Kier alpha value is -1.78. The summed E-state index contributed by atoms with van der Waals surface area (Å²) in [4.78, 5) is 10.9. The molecule has 0 bridgehead atoms. The molecule has 2 N–H and O–H groups in total. The SMILES string of the molecule is CCC(C)(C)N(C)c1nc(N)cn2ccnc12. The Morgan fingerprint density at radius 3 is 2.82 bits per heavy atom. The molecule has 0 atom stereocenters. The van der Waals surface area contributed by atoms with Crippen LogP contribution in [0.4, 0.5) is 11.6 Å². The van der Waals surface area contributed by atoms with E-state index in [1.165, 1.54) is 0 Å². The Bertz CT molecular complexity index is 529. The van der Waals surface area contributed by atoms with Crippen molar-refractivity contribution in [3.63, 3.8) is 0 Å². The average molecular weight is 233 g/mol. The van der Waals surface area contributed by atoms with Crippen LogP contribution in [0.15, 0.2) is 18.6 Å². The lowest BCUT2D eigenvalue weighted by Gasteiger charge is -2.35. The van der Waals surface area contributed by atoms with Gasteiger partial charge in [-0.25, -0.2) is 9.97 Å². The van der Waals surface area contributed by atoms with Gasteiger partial charge in [0.1, 0.15) is 5.82 Å². The van der Waals surface area contributed by atoms with Gasteiger partial charge in [0, 0.05) is 25.0 Å². The number of hydrogen-bond acceptors (Lipinski definition) is 4. The first-order valence-electron chi connectivity index (χ1n) is 5.78. The summed E-state index contributed by atoms with van der Waals surface area (Å²) in [6, 6.07) is 0. The molecule has 0 spiro atoms. The molecule has 2 rings (SSSR count). The van der Waals surface area contributed by atoms with Gasteiger partial charge in [-0.05, 0) is 20.3 Å². The molecule has 5 heteroatoms. The highest BCUT2D eigenvalue weighted by molar-refractivity contribution is 5.66. The van der Waals surface area contributed by atoms with Gasteiger partial charge in [-0.1, -0.05) is 6.92 Å². The standard InChI is InChI=1S/C12H19N5/c1-5-12(2,3)16(4)11-10-14-6-7-17(10)8-9(13)15-11/h6-8H,5,13H2,1-4H3. The van der Waals surface area contributed by atoms with Crippen molar-refractivity contribution in [2.75, 3.05) is 17.7 Å². The minimum Gasteiger partial charge on any atom is -0.382 e. The number of nitrogens with zero attached hydrogens (tertiary/aromatic N) is 4. The van der Waals surface area contributed by atoms with Crippen LogP contribution in [0.1, 0.15) is 27.2 Å². The van der Waals surface area contributed by atoms with E-state index in [-0.39, 0.29) is 5.54 Å². The summed E-state index contributed by atoms with van der Waals surface area (Å²) in [5, 5.41) is 0. The van der Waals surface area contributed by atoms with Crippen LogP contribution in [0.3, 0.4) is 0 Å². The van der Waals surface area contributed by atoms with Crippen LogP contribution in [-0.2, 0) is 0 Å². The molecule has 2 aromatic heterocycles. The second-order valence-electron chi connectivity index (χ2n) is 4.87. The average Bonchev–Trinajstić information content (AvgIpc) is 2.74. The van der Waals surface area contributed by atoms with Crippen LogP contribution in [-0.4, -0.2) is 27.0 Å². The van der Waals surface area contributed by atoms with E-state index in [9.17, 15) is 0 Å². The smallest absolute Gasteiger partial charge is 0.180 e. The van der Waals surface area contributed by atoms with Gasteiger partial charge in [0.2, 0.25) is 0 Å². The van der Waals surface area contributed by atoms with Crippen molar-refractivity contribution in [3.8, 4) is 0 Å². The molecule has 0 aromatic carbocycles. The molecule has 0 aliphatic rings. The van der Waals surface area contributed by atoms with Crippen molar-refractivity contribution in [3.05, 3.63) is 18.6 Å². The van der Waals surface area contributed by atoms with Crippen LogP contribution >= 0.6 is 0 Å². The molecule has 0 aliphatic carbocycles. The Balaban J connectivity index is 2.58. The van der Waals surface area contributed by atoms with E-state index in [4.69, 9.17) is 5.73 Å². The highest BCUT2D eigenvalue weighted by Gasteiger charge is 2.24. The van der Waals surface area contributed by atoms with Crippen LogP contribution in [0, 0.1) is 0 Å². The molecule has 0 unspecified atom stereocenters. The number of anilines is 2. The van der Waals surface area contributed by atoms with Crippen LogP contribution in [0.25, 0.3) is 5.65 Å². The van der Waals surface area contributed by atoms with Crippen molar-refractivity contribution in [2.24, 2.45) is 0 Å². The van der Waals surface area contributed by atoms with Gasteiger partial charge >= 0.3 is 0 Å². The zero-order valence-corrected chi connectivity index (χ0v) is 10.8. The lowest BCUT2D eigenvalue weighted by molar-refractivity contribution is 0.468. The van der Waals surface area contributed by atoms with Crippen LogP contribution < -0.4 is 10.6 Å². The van der Waals surface area contributed by atoms with Gasteiger partial charge in [0.15, 0.2) is 11.5 Å². The maximum Gasteiger partial charge on any atom is 0.180 e. The van der Waals surface area contributed by atoms with Gasteiger partial charge < -0.3 is 15.0 Å². The number of rotatable bonds is 3. The first-order chi connectivity index (χ1) is 7.95. The van der Waals surface area contributed by atoms with Crippen molar-refractivity contribution < 1.29 is 0 Å². The van der Waals surface area contributed by atoms with Gasteiger partial charge in [-0.15, -0.1) is 0 Å². The Labute approximate surface area is 101 Å². The molecular weight excluding hydrogens is 214 g/mol. The third-order valence-corrected chi connectivity index (χ3v) is 3.47. The molecule has 2 heterocycles. The summed E-state index contributed by atoms with van der Waals surface area (Å²) in [5.41, 5.74) is 6.68. The monoisotopic (exact) mass is 233 g/mol. The normalized spacial score (nSPS) is 12.0. The summed E-state index contributed by atoms with van der Waals surface area (Å²) in [7, 11) is 2.03. The predicted molar refractivity (Wildman–Crippen MR) is 70.2 cm³/mol. The molecule has 0 radical (unpaired) electrons. The van der Waals surface area contributed by atoms with Gasteiger partial charge in [-0.2, -0.15) is 0 Å². The lowest BCUT2D eigenvalue weighted by Crippen LogP contribution is -2.41. The number of nitrogen functional groups attached to an aromatic ring is 1. The van der Waals surface area contributed by atoms with E-state index in [0.717, 1.165) is 17.9 Å². The molecule has 0 amide bonds. The molecular formula is C12H19N5. The van der Waals surface area contributed by atoms with E-state index < -0.39 is 0 Å². The lowest BCUT2D eigenvalue weighted by atomic mass is 10.0. The summed E-state index contributed by atoms with van der Waals surface area (Å²) >= 11 is 0. The summed E-state index contributed by atoms with van der Waals surface area (Å²) < 4.78 is 1.90. The van der Waals surface area contributed by atoms with E-state index >= 15 is 0 Å². The summed E-state index contributed by atoms with van der Waals surface area (Å²) in [5.74, 6) is 1.33. The van der Waals surface area contributed by atoms with Crippen molar-refractivity contribution in [1.29, 1.82) is 0 Å². The Kier molecular flexibility index (Phi) is 2.69. The summed E-state index contributed by atoms with van der Waals surface area (Å²) in [6.45, 7) is 6.51. The Morgan fingerprint density at radius 2 is 2.18 bits per heavy atom. The van der Waals surface area contributed by atoms with Crippen molar-refractivity contribution >= 4 is 17.3 Å². The van der Waals surface area contributed by atoms with Crippen LogP contribution in [0.2, 0.25) is 0 Å². The topological polar surface area (TPSA) is 59.5 Å². The quantitative estimate of drug-likeness (QED) is 0.880. The molecule has 2 aromatic rings. The van der Waals surface area contributed by atoms with Gasteiger partial charge in [-0.3, -0.25) is 0 Å². The van der Waals surface area contributed by atoms with E-state index in [1.54, 1.807) is 12.4 Å². The number of nitrogens with two attached hydrogens (primary N) is 1. The predicted octanol–water partition coefficient (Wildman–Crippen LogP) is 1.94. The highest BCUT2D eigenvalue weighted by atomic mass is 15.3. The zero-order chi connectivity index (χ0) is 12.6. The third kappa shape index (κ3) is 1.92. The highest BCUT2D eigenvalue weighted by Crippen LogP contribution is 2.26. The number of aromatic nitrogens is 3. The first-order valence-corrected chi connectivity index (χ1v) is 5.78. The second kappa shape index (κ2) is 3.91. The Morgan fingerprint density at radius 1 is 1.47 bits per heavy atom. The first kappa shape index (κ1) is 11.7. The zero-order valence-electron chi connectivity index (χ0n) is 10.8. The molecule has 5 nitrogen and oxygen atoms in total. The second-order valence-corrected chi connectivity index (χ2v) is 4.87. The van der Waals surface area contributed by atoms with Gasteiger partial charge in [0.05, 0.1) is 6.20 Å². The van der Waals surface area contributed by atoms with Crippen LogP contribution in [0.5, 0.6) is 0 Å². The fourth-order valence-electron chi connectivity index (χ4n) is 1.68. The molecule has 0 saturated carbocycles. The molecule has 0 saturated heterocycles.